The van der Waals surface area contributed by atoms with Crippen LogP contribution in [0.3, 0.4) is 0 Å². The zero-order valence-corrected chi connectivity index (χ0v) is 15.2. The summed E-state index contributed by atoms with van der Waals surface area (Å²) in [7, 11) is 0. The zero-order chi connectivity index (χ0) is 19.8. The van der Waals surface area contributed by atoms with Gasteiger partial charge < -0.3 is 9.42 Å². The van der Waals surface area contributed by atoms with Crippen molar-refractivity contribution >= 4 is 5.91 Å². The monoisotopic (exact) mass is 395 g/mol. The number of hydrogen-bond acceptors (Lipinski definition) is 6. The normalized spacial score (nSPS) is 23.7. The van der Waals surface area contributed by atoms with Gasteiger partial charge in [0.05, 0.1) is 18.8 Å². The van der Waals surface area contributed by atoms with Crippen LogP contribution in [0.4, 0.5) is 13.2 Å². The molecule has 4 rings (SSSR count). The Morgan fingerprint density at radius 1 is 1.14 bits per heavy atom. The Bertz CT molecular complexity index is 841. The largest absolute Gasteiger partial charge is 0.455 e. The third-order valence-corrected chi connectivity index (χ3v) is 5.45. The molecule has 10 heteroatoms. The summed E-state index contributed by atoms with van der Waals surface area (Å²) in [4.78, 5) is 24.8. The standard InChI is InChI=1S/C18H20F3N5O2/c19-18(20,21)15-23-14(28-24-15)12-26-10-4-7-17(26)6-3-9-25(16(17)27)11-13-5-1-2-8-22-13/h1-2,5,8H,3-4,6-7,9-12H2. The molecule has 1 unspecified atom stereocenters. The van der Waals surface area contributed by atoms with Gasteiger partial charge >= 0.3 is 6.18 Å². The summed E-state index contributed by atoms with van der Waals surface area (Å²) >= 11 is 0. The van der Waals surface area contributed by atoms with E-state index < -0.39 is 17.5 Å². The Kier molecular flexibility index (Phi) is 4.82. The zero-order valence-electron chi connectivity index (χ0n) is 15.2. The Balaban J connectivity index is 1.52. The summed E-state index contributed by atoms with van der Waals surface area (Å²) in [6.07, 6.45) is 0.00553. The summed E-state index contributed by atoms with van der Waals surface area (Å²) < 4.78 is 42.9. The van der Waals surface area contributed by atoms with E-state index in [2.05, 4.69) is 15.1 Å². The fourth-order valence-corrected chi connectivity index (χ4v) is 4.19. The van der Waals surface area contributed by atoms with Crippen molar-refractivity contribution in [1.29, 1.82) is 0 Å². The van der Waals surface area contributed by atoms with Crippen molar-refractivity contribution in [3.05, 3.63) is 41.8 Å². The maximum Gasteiger partial charge on any atom is 0.455 e. The highest BCUT2D eigenvalue weighted by molar-refractivity contribution is 5.87. The van der Waals surface area contributed by atoms with Crippen LogP contribution in [-0.2, 0) is 24.1 Å². The highest BCUT2D eigenvalue weighted by Crippen LogP contribution is 2.39. The topological polar surface area (TPSA) is 75.4 Å². The molecule has 2 aliphatic heterocycles. The summed E-state index contributed by atoms with van der Waals surface area (Å²) in [5, 5.41) is 3.01. The number of piperidine rings is 1. The second-order valence-corrected chi connectivity index (χ2v) is 7.22. The molecular formula is C18H20F3N5O2. The third-order valence-electron chi connectivity index (χ3n) is 5.45. The second-order valence-electron chi connectivity index (χ2n) is 7.22. The number of aromatic nitrogens is 3. The Morgan fingerprint density at radius 2 is 1.93 bits per heavy atom. The first kappa shape index (κ1) is 18.9. The highest BCUT2D eigenvalue weighted by atomic mass is 19.4. The van der Waals surface area contributed by atoms with Crippen LogP contribution >= 0.6 is 0 Å². The third kappa shape index (κ3) is 3.48. The van der Waals surface area contributed by atoms with Gasteiger partial charge in [0.2, 0.25) is 11.8 Å². The van der Waals surface area contributed by atoms with Gasteiger partial charge in [0.1, 0.15) is 5.54 Å². The predicted molar refractivity (Wildman–Crippen MR) is 90.6 cm³/mol. The predicted octanol–water partition coefficient (Wildman–Crippen LogP) is 2.64. The van der Waals surface area contributed by atoms with E-state index >= 15 is 0 Å². The number of halogens is 3. The molecule has 0 radical (unpaired) electrons. The number of amides is 1. The van der Waals surface area contributed by atoms with E-state index in [0.29, 0.717) is 32.5 Å². The van der Waals surface area contributed by atoms with Gasteiger partial charge in [-0.1, -0.05) is 11.2 Å². The van der Waals surface area contributed by atoms with Gasteiger partial charge in [-0.2, -0.15) is 18.2 Å². The van der Waals surface area contributed by atoms with Crippen molar-refractivity contribution in [3.8, 4) is 0 Å². The molecule has 2 aromatic heterocycles. The van der Waals surface area contributed by atoms with E-state index in [4.69, 9.17) is 4.52 Å². The maximum absolute atomic E-state index is 13.3. The van der Waals surface area contributed by atoms with E-state index in [1.165, 1.54) is 0 Å². The number of carbonyl (C=O) groups excluding carboxylic acids is 1. The van der Waals surface area contributed by atoms with Crippen molar-refractivity contribution in [3.63, 3.8) is 0 Å². The number of nitrogens with zero attached hydrogens (tertiary/aromatic N) is 5. The minimum absolute atomic E-state index is 0.00235. The Morgan fingerprint density at radius 3 is 2.61 bits per heavy atom. The minimum Gasteiger partial charge on any atom is -0.338 e. The van der Waals surface area contributed by atoms with Crippen molar-refractivity contribution in [2.24, 2.45) is 0 Å². The first-order valence-corrected chi connectivity index (χ1v) is 9.23. The van der Waals surface area contributed by atoms with Crippen molar-refractivity contribution in [2.45, 2.75) is 50.5 Å². The van der Waals surface area contributed by atoms with Crippen LogP contribution in [0.5, 0.6) is 0 Å². The molecule has 4 heterocycles. The average molecular weight is 395 g/mol. The van der Waals surface area contributed by atoms with Crippen LogP contribution in [0, 0.1) is 0 Å². The summed E-state index contributed by atoms with van der Waals surface area (Å²) in [6.45, 7) is 1.71. The van der Waals surface area contributed by atoms with E-state index in [9.17, 15) is 18.0 Å². The molecule has 0 aliphatic carbocycles. The number of alkyl halides is 3. The molecule has 7 nitrogen and oxygen atoms in total. The van der Waals surface area contributed by atoms with Gasteiger partial charge in [0, 0.05) is 12.7 Å². The fourth-order valence-electron chi connectivity index (χ4n) is 4.19. The molecule has 2 aromatic rings. The fraction of sp³-hybridized carbons (Fsp3) is 0.556. The lowest BCUT2D eigenvalue weighted by Gasteiger charge is -2.44. The molecule has 28 heavy (non-hydrogen) atoms. The maximum atomic E-state index is 13.3. The van der Waals surface area contributed by atoms with E-state index in [1.54, 1.807) is 11.1 Å². The Labute approximate surface area is 159 Å². The lowest BCUT2D eigenvalue weighted by molar-refractivity contribution is -0.149. The van der Waals surface area contributed by atoms with Gasteiger partial charge in [-0.05, 0) is 44.4 Å². The molecule has 150 valence electrons. The van der Waals surface area contributed by atoms with E-state index in [1.807, 2.05) is 23.1 Å². The van der Waals surface area contributed by atoms with E-state index in [-0.39, 0.29) is 18.3 Å². The number of likely N-dealkylation sites (tertiary alicyclic amines) is 2. The first-order valence-electron chi connectivity index (χ1n) is 9.23. The van der Waals surface area contributed by atoms with Crippen LogP contribution < -0.4 is 0 Å². The smallest absolute Gasteiger partial charge is 0.338 e. The van der Waals surface area contributed by atoms with Gasteiger partial charge in [0.15, 0.2) is 0 Å². The summed E-state index contributed by atoms with van der Waals surface area (Å²) in [5.74, 6) is -1.41. The number of pyridine rings is 1. The minimum atomic E-state index is -4.65. The Hall–Kier alpha value is -2.49. The van der Waals surface area contributed by atoms with Gasteiger partial charge in [0.25, 0.3) is 5.82 Å². The molecular weight excluding hydrogens is 375 g/mol. The van der Waals surface area contributed by atoms with E-state index in [0.717, 1.165) is 18.5 Å². The van der Waals surface area contributed by atoms with Crippen LogP contribution in [0.1, 0.15) is 43.1 Å². The van der Waals surface area contributed by atoms with Crippen molar-refractivity contribution in [1.82, 2.24) is 24.9 Å². The SMILES string of the molecule is O=C1N(Cc2ccccn2)CCCC12CCCN2Cc1nc(C(F)(F)F)no1. The molecule has 0 bridgehead atoms. The average Bonchev–Trinajstić information content (AvgIpc) is 3.29. The van der Waals surface area contributed by atoms with Gasteiger partial charge in [-0.25, -0.2) is 0 Å². The molecule has 1 atom stereocenters. The molecule has 0 saturated carbocycles. The summed E-state index contributed by atoms with van der Waals surface area (Å²) in [6, 6.07) is 5.57. The molecule has 0 aromatic carbocycles. The second kappa shape index (κ2) is 7.16. The first-order chi connectivity index (χ1) is 13.4. The quantitative estimate of drug-likeness (QED) is 0.792. The van der Waals surface area contributed by atoms with Crippen molar-refractivity contribution < 1.29 is 22.5 Å². The van der Waals surface area contributed by atoms with Crippen LogP contribution in [0.25, 0.3) is 0 Å². The molecule has 1 amide bonds. The lowest BCUT2D eigenvalue weighted by Crippen LogP contribution is -2.59. The molecule has 0 N–H and O–H groups in total. The molecule has 2 saturated heterocycles. The lowest BCUT2D eigenvalue weighted by atomic mass is 9.85. The van der Waals surface area contributed by atoms with Crippen LogP contribution in [0.2, 0.25) is 0 Å². The number of carbonyl (C=O) groups is 1. The van der Waals surface area contributed by atoms with Crippen LogP contribution in [0.15, 0.2) is 28.9 Å². The summed E-state index contributed by atoms with van der Waals surface area (Å²) in [5.41, 5.74) is 0.0871. The van der Waals surface area contributed by atoms with Gasteiger partial charge in [-0.15, -0.1) is 0 Å². The highest BCUT2D eigenvalue weighted by Gasteiger charge is 2.51. The number of hydrogen-bond donors (Lipinski definition) is 0. The van der Waals surface area contributed by atoms with Crippen LogP contribution in [-0.4, -0.2) is 49.5 Å². The molecule has 2 aliphatic rings. The van der Waals surface area contributed by atoms with Crippen molar-refractivity contribution in [2.75, 3.05) is 13.1 Å². The van der Waals surface area contributed by atoms with Gasteiger partial charge in [-0.3, -0.25) is 14.7 Å². The molecule has 1 spiro atoms. The number of rotatable bonds is 4. The molecule has 2 fully saturated rings.